The van der Waals surface area contributed by atoms with E-state index in [-0.39, 0.29) is 12.5 Å². The van der Waals surface area contributed by atoms with Gasteiger partial charge < -0.3 is 9.83 Å². The van der Waals surface area contributed by atoms with E-state index in [1.54, 1.807) is 0 Å². The fourth-order valence-corrected chi connectivity index (χ4v) is 2.17. The van der Waals surface area contributed by atoms with Gasteiger partial charge in [-0.3, -0.25) is 0 Å². The number of hydrogen-bond donors (Lipinski definition) is 3. The third-order valence-corrected chi connectivity index (χ3v) is 3.08. The molecule has 1 unspecified atom stereocenters. The second-order valence-corrected chi connectivity index (χ2v) is 4.07. The van der Waals surface area contributed by atoms with Crippen LogP contribution in [0.5, 0.6) is 0 Å². The van der Waals surface area contributed by atoms with Crippen molar-refractivity contribution in [3.05, 3.63) is 65.7 Å². The van der Waals surface area contributed by atoms with E-state index in [2.05, 4.69) is 17.5 Å². The average Bonchev–Trinajstić information content (AvgIpc) is 2.41. The van der Waals surface area contributed by atoms with E-state index < -0.39 is 0 Å². The van der Waals surface area contributed by atoms with Crippen molar-refractivity contribution in [3.8, 4) is 0 Å². The molecule has 3 heteroatoms. The molecule has 2 N–H and O–H groups in total. The lowest BCUT2D eigenvalue weighted by Gasteiger charge is -2.18. The number of benzene rings is 2. The monoisotopic (exact) mass is 245 g/mol. The Hall–Kier alpha value is -1.45. The van der Waals surface area contributed by atoms with Gasteiger partial charge in [0.1, 0.15) is 0 Å². The number of anilines is 1. The van der Waals surface area contributed by atoms with Crippen LogP contribution in [0.15, 0.2) is 54.6 Å². The Labute approximate surface area is 107 Å². The number of nitrogens with one attached hydrogen (secondary N) is 1. The third-order valence-electron chi connectivity index (χ3n) is 2.84. The quantitative estimate of drug-likeness (QED) is 0.723. The van der Waals surface area contributed by atoms with Crippen molar-refractivity contribution >= 4 is 18.5 Å². The minimum Gasteiger partial charge on any atom is -0.395 e. The van der Waals surface area contributed by atoms with Gasteiger partial charge >= 0.3 is 0 Å². The van der Waals surface area contributed by atoms with Crippen LogP contribution in [-0.2, 0) is 0 Å². The van der Waals surface area contributed by atoms with Crippen LogP contribution in [0, 0.1) is 0 Å². The molecule has 0 aliphatic heterocycles. The zero-order chi connectivity index (χ0) is 12.1. The smallest absolute Gasteiger partial charge is 0.0541 e. The molecule has 2 nitrogen and oxygen atoms in total. The normalized spacial score (nSPS) is 12.1. The molecule has 0 amide bonds. The maximum atomic E-state index is 9.60. The van der Waals surface area contributed by atoms with Crippen LogP contribution in [0.2, 0.25) is 0 Å². The molecule has 0 spiro atoms. The van der Waals surface area contributed by atoms with E-state index in [4.69, 9.17) is 0 Å². The molecule has 0 radical (unpaired) electrons. The predicted molar refractivity (Wildman–Crippen MR) is 74.4 cm³/mol. The second kappa shape index (κ2) is 5.75. The van der Waals surface area contributed by atoms with Gasteiger partial charge in [0, 0.05) is 11.6 Å². The van der Waals surface area contributed by atoms with Crippen molar-refractivity contribution in [1.82, 2.24) is 0 Å². The van der Waals surface area contributed by atoms with Gasteiger partial charge in [0.25, 0.3) is 0 Å². The topological polar surface area (TPSA) is 32.3 Å². The first-order valence-electron chi connectivity index (χ1n) is 5.51. The van der Waals surface area contributed by atoms with Gasteiger partial charge in [-0.25, -0.2) is 0 Å². The number of thiol groups is 1. The van der Waals surface area contributed by atoms with Crippen LogP contribution >= 0.6 is 12.8 Å². The minimum atomic E-state index is -0.0213. The van der Waals surface area contributed by atoms with Crippen molar-refractivity contribution < 1.29 is 5.11 Å². The molecule has 0 aromatic heterocycles. The Kier molecular flexibility index (Phi) is 4.07. The number of rotatable bonds is 4. The molecule has 0 bridgehead atoms. The summed E-state index contributed by atoms with van der Waals surface area (Å²) >= 11 is 4.09. The van der Waals surface area contributed by atoms with Gasteiger partial charge in [-0.15, -0.1) is 0 Å². The predicted octanol–water partition coefficient (Wildman–Crippen LogP) is 3.07. The van der Waals surface area contributed by atoms with Gasteiger partial charge in [0.05, 0.1) is 6.61 Å². The Morgan fingerprint density at radius 3 is 2.29 bits per heavy atom. The molecule has 0 fully saturated rings. The number of aliphatic hydroxyl groups excluding tert-OH is 1. The molecule has 0 aliphatic carbocycles. The third kappa shape index (κ3) is 2.62. The Bertz CT molecular complexity index is 473. The van der Waals surface area contributed by atoms with Crippen LogP contribution in [0.1, 0.15) is 17.0 Å². The summed E-state index contributed by atoms with van der Waals surface area (Å²) in [5.41, 5.74) is 3.08. The van der Waals surface area contributed by atoms with Gasteiger partial charge in [-0.2, -0.15) is 0 Å². The molecule has 2 rings (SSSR count). The summed E-state index contributed by atoms with van der Waals surface area (Å²) in [7, 11) is 0. The van der Waals surface area contributed by atoms with Crippen LogP contribution in [0.4, 0.5) is 5.69 Å². The van der Waals surface area contributed by atoms with Gasteiger partial charge in [-0.05, 0) is 17.2 Å². The van der Waals surface area contributed by atoms with Crippen molar-refractivity contribution in [1.29, 1.82) is 0 Å². The van der Waals surface area contributed by atoms with E-state index in [1.807, 2.05) is 54.6 Å². The number of para-hydroxylation sites is 1. The molecule has 0 saturated heterocycles. The lowest BCUT2D eigenvalue weighted by atomic mass is 9.91. The van der Waals surface area contributed by atoms with E-state index >= 15 is 0 Å². The maximum Gasteiger partial charge on any atom is 0.0541 e. The first kappa shape index (κ1) is 12.0. The highest BCUT2D eigenvalue weighted by molar-refractivity contribution is 7.81. The average molecular weight is 245 g/mol. The molecule has 0 heterocycles. The van der Waals surface area contributed by atoms with Crippen molar-refractivity contribution in [2.45, 2.75) is 5.92 Å². The van der Waals surface area contributed by atoms with E-state index in [1.165, 1.54) is 0 Å². The van der Waals surface area contributed by atoms with Crippen molar-refractivity contribution in [2.75, 3.05) is 11.3 Å². The second-order valence-electron chi connectivity index (χ2n) is 3.84. The molecule has 2 aromatic carbocycles. The van der Waals surface area contributed by atoms with Gasteiger partial charge in [-0.1, -0.05) is 61.3 Å². The molecular formula is C14H15NOS. The molecule has 0 aliphatic rings. The standard InChI is InChI=1S/C14H15NOS/c16-10-13(11-6-2-1-3-7-11)12-8-4-5-9-14(12)15-17/h1-9,13,15-17H,10H2. The minimum absolute atomic E-state index is 0.0213. The molecule has 2 aromatic rings. The van der Waals surface area contributed by atoms with Crippen LogP contribution < -0.4 is 4.72 Å². The zero-order valence-corrected chi connectivity index (χ0v) is 10.3. The van der Waals surface area contributed by atoms with Gasteiger partial charge in [0.15, 0.2) is 0 Å². The summed E-state index contributed by atoms with van der Waals surface area (Å²) in [6.07, 6.45) is 0. The lowest BCUT2D eigenvalue weighted by molar-refractivity contribution is 0.281. The fraction of sp³-hybridized carbons (Fsp3) is 0.143. The Balaban J connectivity index is 2.42. The Morgan fingerprint density at radius 2 is 1.65 bits per heavy atom. The summed E-state index contributed by atoms with van der Waals surface area (Å²) in [5, 5.41) is 9.60. The SMILES string of the molecule is OCC(c1ccccc1)c1ccccc1NS. The van der Waals surface area contributed by atoms with E-state index in [0.717, 1.165) is 16.8 Å². The molecule has 0 saturated carbocycles. The molecule has 1 atom stereocenters. The highest BCUT2D eigenvalue weighted by Crippen LogP contribution is 2.30. The number of hydrogen-bond acceptors (Lipinski definition) is 3. The molecule has 17 heavy (non-hydrogen) atoms. The highest BCUT2D eigenvalue weighted by atomic mass is 32.1. The summed E-state index contributed by atoms with van der Waals surface area (Å²) in [5.74, 6) is -0.0213. The fourth-order valence-electron chi connectivity index (χ4n) is 1.97. The zero-order valence-electron chi connectivity index (χ0n) is 9.38. The Morgan fingerprint density at radius 1 is 1.00 bits per heavy atom. The summed E-state index contributed by atoms with van der Waals surface area (Å²) in [6, 6.07) is 17.9. The number of aliphatic hydroxyl groups is 1. The van der Waals surface area contributed by atoms with Gasteiger partial charge in [0.2, 0.25) is 0 Å². The van der Waals surface area contributed by atoms with E-state index in [9.17, 15) is 5.11 Å². The molecule has 88 valence electrons. The first-order valence-corrected chi connectivity index (χ1v) is 5.96. The van der Waals surface area contributed by atoms with Crippen LogP contribution in [-0.4, -0.2) is 11.7 Å². The summed E-state index contributed by atoms with van der Waals surface area (Å²) in [4.78, 5) is 0. The van der Waals surface area contributed by atoms with Crippen LogP contribution in [0.25, 0.3) is 0 Å². The molecular weight excluding hydrogens is 230 g/mol. The summed E-state index contributed by atoms with van der Waals surface area (Å²) < 4.78 is 2.86. The largest absolute Gasteiger partial charge is 0.395 e. The van der Waals surface area contributed by atoms with Crippen molar-refractivity contribution in [2.24, 2.45) is 0 Å². The maximum absolute atomic E-state index is 9.60. The van der Waals surface area contributed by atoms with E-state index in [0.29, 0.717) is 0 Å². The van der Waals surface area contributed by atoms with Crippen LogP contribution in [0.3, 0.4) is 0 Å². The first-order chi connectivity index (χ1) is 8.36. The highest BCUT2D eigenvalue weighted by Gasteiger charge is 2.15. The summed E-state index contributed by atoms with van der Waals surface area (Å²) in [6.45, 7) is 0.0798. The van der Waals surface area contributed by atoms with Crippen molar-refractivity contribution in [3.63, 3.8) is 0 Å². The lowest BCUT2D eigenvalue weighted by Crippen LogP contribution is -2.07.